The molecular formula is C25H31F2N5O3. The summed E-state index contributed by atoms with van der Waals surface area (Å²) in [5.74, 6) is -0.636. The molecule has 35 heavy (non-hydrogen) atoms. The molecule has 4 heterocycles. The van der Waals surface area contributed by atoms with E-state index in [1.807, 2.05) is 11.8 Å². The minimum absolute atomic E-state index is 0.0200. The molecule has 188 valence electrons. The monoisotopic (exact) mass is 487 g/mol. The third kappa shape index (κ3) is 4.51. The van der Waals surface area contributed by atoms with Gasteiger partial charge in [0, 0.05) is 68.0 Å². The first-order chi connectivity index (χ1) is 16.9. The summed E-state index contributed by atoms with van der Waals surface area (Å²) in [6.07, 6.45) is 5.69. The van der Waals surface area contributed by atoms with E-state index in [2.05, 4.69) is 19.8 Å². The molecule has 3 fully saturated rings. The summed E-state index contributed by atoms with van der Waals surface area (Å²) in [4.78, 5) is 26.4. The summed E-state index contributed by atoms with van der Waals surface area (Å²) < 4.78 is 38.7. The van der Waals surface area contributed by atoms with Crippen LogP contribution in [-0.4, -0.2) is 84.9 Å². The molecule has 2 saturated heterocycles. The fourth-order valence-electron chi connectivity index (χ4n) is 5.89. The lowest BCUT2D eigenvalue weighted by molar-refractivity contribution is -0.00294. The Morgan fingerprint density at radius 3 is 2.66 bits per heavy atom. The zero-order chi connectivity index (χ0) is 24.6. The molecule has 1 atom stereocenters. The summed E-state index contributed by atoms with van der Waals surface area (Å²) in [6, 6.07) is 3.49. The average Bonchev–Trinajstić information content (AvgIpc) is 3.29. The van der Waals surface area contributed by atoms with Crippen LogP contribution in [0.4, 0.5) is 19.4 Å². The number of pyridine rings is 2. The van der Waals surface area contributed by atoms with Gasteiger partial charge in [0.05, 0.1) is 19.9 Å². The third-order valence-electron chi connectivity index (χ3n) is 7.57. The van der Waals surface area contributed by atoms with Crippen LogP contribution in [0.15, 0.2) is 24.5 Å². The molecule has 0 radical (unpaired) electrons. The van der Waals surface area contributed by atoms with E-state index in [0.717, 1.165) is 58.5 Å². The van der Waals surface area contributed by atoms with Crippen LogP contribution in [0.5, 0.6) is 5.75 Å². The van der Waals surface area contributed by atoms with E-state index in [4.69, 9.17) is 9.47 Å². The highest BCUT2D eigenvalue weighted by atomic mass is 19.1. The number of methoxy groups -OCH3 is 1. The fourth-order valence-corrected chi connectivity index (χ4v) is 5.89. The third-order valence-corrected chi connectivity index (χ3v) is 7.57. The molecule has 5 rings (SSSR count). The van der Waals surface area contributed by atoms with Crippen LogP contribution in [-0.2, 0) is 4.74 Å². The summed E-state index contributed by atoms with van der Waals surface area (Å²) in [7, 11) is 1.37. The van der Waals surface area contributed by atoms with Crippen LogP contribution in [0.3, 0.4) is 0 Å². The standard InChI is InChI=1S/C25H31F2N5O3/c1-3-35-24(33)32-15-25(16-32)6-4-18(13-25)30-8-10-31(11-9-30)23-20(12-17(26)14-29-23)19-5-7-28-22(27)21(19)34-2/h5,7,12,14,18H,3-4,6,8-11,13,15-16H2,1-2H3/t18-/m1/s1. The number of nitrogens with zero attached hydrogens (tertiary/aromatic N) is 5. The smallest absolute Gasteiger partial charge is 0.409 e. The average molecular weight is 488 g/mol. The van der Waals surface area contributed by atoms with Crippen molar-refractivity contribution < 1.29 is 23.0 Å². The molecular weight excluding hydrogens is 456 g/mol. The Morgan fingerprint density at radius 1 is 1.17 bits per heavy atom. The van der Waals surface area contributed by atoms with Crippen LogP contribution < -0.4 is 9.64 Å². The minimum Gasteiger partial charge on any atom is -0.491 e. The molecule has 8 nitrogen and oxygen atoms in total. The molecule has 10 heteroatoms. The van der Waals surface area contributed by atoms with Gasteiger partial charge in [-0.15, -0.1) is 0 Å². The number of anilines is 1. The Hall–Kier alpha value is -3.01. The number of rotatable bonds is 5. The summed E-state index contributed by atoms with van der Waals surface area (Å²) in [5.41, 5.74) is 1.14. The highest BCUT2D eigenvalue weighted by molar-refractivity contribution is 5.80. The number of hydrogen-bond donors (Lipinski definition) is 0. The van der Waals surface area contributed by atoms with E-state index in [9.17, 15) is 13.6 Å². The van der Waals surface area contributed by atoms with Gasteiger partial charge in [0.2, 0.25) is 0 Å². The second kappa shape index (κ2) is 9.56. The van der Waals surface area contributed by atoms with E-state index in [1.54, 1.807) is 6.07 Å². The maximum absolute atomic E-state index is 14.2. The van der Waals surface area contributed by atoms with Gasteiger partial charge in [-0.05, 0) is 38.3 Å². The number of hydrogen-bond acceptors (Lipinski definition) is 7. The lowest BCUT2D eigenvalue weighted by atomic mass is 9.78. The number of piperazine rings is 1. The Morgan fingerprint density at radius 2 is 1.94 bits per heavy atom. The van der Waals surface area contributed by atoms with Gasteiger partial charge in [0.15, 0.2) is 5.75 Å². The van der Waals surface area contributed by atoms with Crippen molar-refractivity contribution in [3.05, 3.63) is 36.3 Å². The molecule has 2 aromatic rings. The van der Waals surface area contributed by atoms with E-state index in [-0.39, 0.29) is 17.3 Å². The fraction of sp³-hybridized carbons (Fsp3) is 0.560. The molecule has 2 aromatic heterocycles. The molecule has 1 aliphatic carbocycles. The minimum atomic E-state index is -0.738. The Kier molecular flexibility index (Phi) is 6.48. The lowest BCUT2D eigenvalue weighted by Gasteiger charge is -2.48. The molecule has 1 saturated carbocycles. The first-order valence-electron chi connectivity index (χ1n) is 12.2. The van der Waals surface area contributed by atoms with Gasteiger partial charge in [-0.2, -0.15) is 4.39 Å². The van der Waals surface area contributed by atoms with Gasteiger partial charge in [-0.1, -0.05) is 0 Å². The SMILES string of the molecule is CCOC(=O)N1CC2(CC[C@@H](N3CCN(c4ncc(F)cc4-c4ccnc(F)c4OC)CC3)C2)C1. The molecule has 2 aliphatic heterocycles. The number of carbonyl (C=O) groups excluding carboxylic acids is 1. The van der Waals surface area contributed by atoms with Gasteiger partial charge >= 0.3 is 6.09 Å². The summed E-state index contributed by atoms with van der Waals surface area (Å²) >= 11 is 0. The van der Waals surface area contributed by atoms with Crippen molar-refractivity contribution in [3.63, 3.8) is 0 Å². The van der Waals surface area contributed by atoms with Gasteiger partial charge < -0.3 is 19.3 Å². The number of halogens is 2. The normalized spacial score (nSPS) is 21.8. The first-order valence-corrected chi connectivity index (χ1v) is 12.2. The number of ether oxygens (including phenoxy) is 2. The molecule has 0 bridgehead atoms. The van der Waals surface area contributed by atoms with Crippen molar-refractivity contribution in [2.45, 2.75) is 32.2 Å². The van der Waals surface area contributed by atoms with Crippen molar-refractivity contribution >= 4 is 11.9 Å². The second-order valence-corrected chi connectivity index (χ2v) is 9.68. The number of carbonyl (C=O) groups is 1. The van der Waals surface area contributed by atoms with Crippen LogP contribution in [0.25, 0.3) is 11.1 Å². The van der Waals surface area contributed by atoms with Crippen molar-refractivity contribution in [3.8, 4) is 16.9 Å². The van der Waals surface area contributed by atoms with Gasteiger partial charge in [0.25, 0.3) is 5.95 Å². The van der Waals surface area contributed by atoms with Crippen LogP contribution in [0.1, 0.15) is 26.2 Å². The molecule has 0 aromatic carbocycles. The van der Waals surface area contributed by atoms with E-state index in [1.165, 1.54) is 25.6 Å². The molecule has 1 amide bonds. The number of likely N-dealkylation sites (tertiary alicyclic amines) is 1. The van der Waals surface area contributed by atoms with Gasteiger partial charge in [-0.3, -0.25) is 4.90 Å². The van der Waals surface area contributed by atoms with E-state index >= 15 is 0 Å². The molecule has 0 unspecified atom stereocenters. The van der Waals surface area contributed by atoms with Crippen molar-refractivity contribution in [1.29, 1.82) is 0 Å². The number of aromatic nitrogens is 2. The zero-order valence-electron chi connectivity index (χ0n) is 20.2. The van der Waals surface area contributed by atoms with Crippen LogP contribution in [0, 0.1) is 17.2 Å². The topological polar surface area (TPSA) is 71.0 Å². The van der Waals surface area contributed by atoms with Crippen LogP contribution >= 0.6 is 0 Å². The maximum Gasteiger partial charge on any atom is 0.409 e. The zero-order valence-corrected chi connectivity index (χ0v) is 20.2. The molecule has 1 spiro atoms. The summed E-state index contributed by atoms with van der Waals surface area (Å²) in [6.45, 7) is 7.01. The Bertz CT molecular complexity index is 1090. The highest BCUT2D eigenvalue weighted by Crippen LogP contribution is 2.47. The quantitative estimate of drug-likeness (QED) is 0.598. The Labute approximate surface area is 203 Å². The highest BCUT2D eigenvalue weighted by Gasteiger charge is 2.51. The van der Waals surface area contributed by atoms with Crippen molar-refractivity contribution in [1.82, 2.24) is 19.8 Å². The first kappa shape index (κ1) is 23.7. The van der Waals surface area contributed by atoms with Gasteiger partial charge in [-0.25, -0.2) is 19.2 Å². The van der Waals surface area contributed by atoms with Gasteiger partial charge in [0.1, 0.15) is 11.6 Å². The Balaban J connectivity index is 1.24. The van der Waals surface area contributed by atoms with Crippen LogP contribution in [0.2, 0.25) is 0 Å². The molecule has 0 N–H and O–H groups in total. The number of amides is 1. The lowest BCUT2D eigenvalue weighted by Crippen LogP contribution is -2.58. The van der Waals surface area contributed by atoms with Crippen molar-refractivity contribution in [2.24, 2.45) is 5.41 Å². The predicted octanol–water partition coefficient (Wildman–Crippen LogP) is 3.56. The summed E-state index contributed by atoms with van der Waals surface area (Å²) in [5, 5.41) is 0. The predicted molar refractivity (Wildman–Crippen MR) is 126 cm³/mol. The largest absolute Gasteiger partial charge is 0.491 e. The van der Waals surface area contributed by atoms with E-state index in [0.29, 0.717) is 29.6 Å². The maximum atomic E-state index is 14.2. The van der Waals surface area contributed by atoms with Crippen molar-refractivity contribution in [2.75, 3.05) is 57.9 Å². The van der Waals surface area contributed by atoms with E-state index < -0.39 is 11.8 Å². The second-order valence-electron chi connectivity index (χ2n) is 9.68. The molecule has 3 aliphatic rings.